The minimum Gasteiger partial charge on any atom is -0.389 e. The van der Waals surface area contributed by atoms with Crippen molar-refractivity contribution in [1.82, 2.24) is 4.98 Å². The van der Waals surface area contributed by atoms with E-state index in [9.17, 15) is 0 Å². The number of nitrogens with one attached hydrogen (secondary N) is 1. The van der Waals surface area contributed by atoms with Gasteiger partial charge in [0.25, 0.3) is 0 Å². The van der Waals surface area contributed by atoms with Crippen molar-refractivity contribution in [1.29, 1.82) is 0 Å². The smallest absolute Gasteiger partial charge is 0.136 e. The zero-order valence-electron chi connectivity index (χ0n) is 10.4. The molecule has 92 valence electrons. The van der Waals surface area contributed by atoms with Gasteiger partial charge >= 0.3 is 0 Å². The predicted molar refractivity (Wildman–Crippen MR) is 75.5 cm³/mol. The van der Waals surface area contributed by atoms with Gasteiger partial charge in [-0.05, 0) is 44.2 Å². The van der Waals surface area contributed by atoms with Gasteiger partial charge in [0.15, 0.2) is 0 Å². The molecule has 0 fully saturated rings. The predicted octanol–water partition coefficient (Wildman–Crippen LogP) is 2.41. The summed E-state index contributed by atoms with van der Waals surface area (Å²) in [4.78, 5) is 5.11. The van der Waals surface area contributed by atoms with Crippen LogP contribution in [-0.4, -0.2) is 16.0 Å². The standard InChI is InChI=1S/C13H19N3S/c1-3-8(2)15-13-10(12(14)17)7-9-5-4-6-11(9)16-13/h7-8H,3-6H2,1-2H3,(H2,14,17)(H,15,16). The highest BCUT2D eigenvalue weighted by Gasteiger charge is 2.18. The summed E-state index contributed by atoms with van der Waals surface area (Å²) in [5, 5.41) is 3.39. The normalized spacial score (nSPS) is 15.4. The molecule has 0 saturated carbocycles. The molecule has 1 aliphatic rings. The molecule has 1 unspecified atom stereocenters. The summed E-state index contributed by atoms with van der Waals surface area (Å²) in [5.41, 5.74) is 9.18. The molecule has 2 rings (SSSR count). The third kappa shape index (κ3) is 2.57. The average Bonchev–Trinajstić information content (AvgIpc) is 2.74. The molecule has 3 N–H and O–H groups in total. The number of hydrogen-bond donors (Lipinski definition) is 2. The molecule has 1 aliphatic carbocycles. The summed E-state index contributed by atoms with van der Waals surface area (Å²) in [7, 11) is 0. The Labute approximate surface area is 108 Å². The van der Waals surface area contributed by atoms with Gasteiger partial charge in [-0.2, -0.15) is 0 Å². The Morgan fingerprint density at radius 2 is 2.35 bits per heavy atom. The first-order valence-electron chi connectivity index (χ1n) is 6.21. The molecule has 4 heteroatoms. The number of aryl methyl sites for hydroxylation is 2. The van der Waals surface area contributed by atoms with E-state index in [1.807, 2.05) is 0 Å². The Kier molecular flexibility index (Phi) is 3.62. The highest BCUT2D eigenvalue weighted by molar-refractivity contribution is 7.80. The molecular formula is C13H19N3S. The van der Waals surface area contributed by atoms with Gasteiger partial charge in [-0.1, -0.05) is 19.1 Å². The number of aromatic nitrogens is 1. The van der Waals surface area contributed by atoms with Gasteiger partial charge in [-0.3, -0.25) is 0 Å². The Bertz CT molecular complexity index is 443. The molecule has 1 heterocycles. The van der Waals surface area contributed by atoms with Gasteiger partial charge in [0, 0.05) is 11.7 Å². The molecule has 0 aromatic carbocycles. The second-order valence-electron chi connectivity index (χ2n) is 4.66. The lowest BCUT2D eigenvalue weighted by Crippen LogP contribution is -2.20. The van der Waals surface area contributed by atoms with Crippen molar-refractivity contribution in [3.8, 4) is 0 Å². The quantitative estimate of drug-likeness (QED) is 0.805. The Hall–Kier alpha value is -1.16. The molecular weight excluding hydrogens is 230 g/mol. The molecule has 1 atom stereocenters. The number of hydrogen-bond acceptors (Lipinski definition) is 3. The van der Waals surface area contributed by atoms with Gasteiger partial charge < -0.3 is 11.1 Å². The maximum Gasteiger partial charge on any atom is 0.136 e. The van der Waals surface area contributed by atoms with Crippen molar-refractivity contribution >= 4 is 23.0 Å². The fraction of sp³-hybridized carbons (Fsp3) is 0.538. The maximum atomic E-state index is 5.78. The van der Waals surface area contributed by atoms with Crippen molar-refractivity contribution in [3.05, 3.63) is 22.9 Å². The topological polar surface area (TPSA) is 50.9 Å². The van der Waals surface area contributed by atoms with E-state index in [0.717, 1.165) is 30.6 Å². The number of fused-ring (bicyclic) bond motifs is 1. The van der Waals surface area contributed by atoms with Crippen LogP contribution in [0.25, 0.3) is 0 Å². The maximum absolute atomic E-state index is 5.78. The van der Waals surface area contributed by atoms with E-state index in [1.165, 1.54) is 17.7 Å². The van der Waals surface area contributed by atoms with E-state index in [2.05, 4.69) is 30.2 Å². The Balaban J connectivity index is 2.38. The van der Waals surface area contributed by atoms with Crippen LogP contribution >= 0.6 is 12.2 Å². The molecule has 1 aromatic heterocycles. The summed E-state index contributed by atoms with van der Waals surface area (Å²) in [6.07, 6.45) is 4.41. The van der Waals surface area contributed by atoms with E-state index in [4.69, 9.17) is 18.0 Å². The highest BCUT2D eigenvalue weighted by Crippen LogP contribution is 2.25. The van der Waals surface area contributed by atoms with Crippen LogP contribution in [0.5, 0.6) is 0 Å². The lowest BCUT2D eigenvalue weighted by molar-refractivity contribution is 0.757. The van der Waals surface area contributed by atoms with Gasteiger partial charge in [-0.15, -0.1) is 0 Å². The van der Waals surface area contributed by atoms with Crippen LogP contribution in [0.2, 0.25) is 0 Å². The summed E-state index contributed by atoms with van der Waals surface area (Å²) in [6.45, 7) is 4.28. The number of anilines is 1. The minimum absolute atomic E-state index is 0.384. The van der Waals surface area contributed by atoms with Gasteiger partial charge in [0.05, 0.1) is 5.56 Å². The van der Waals surface area contributed by atoms with Gasteiger partial charge in [0.2, 0.25) is 0 Å². The van der Waals surface area contributed by atoms with Crippen LogP contribution in [0.1, 0.15) is 43.5 Å². The fourth-order valence-electron chi connectivity index (χ4n) is 2.11. The molecule has 0 saturated heterocycles. The molecule has 17 heavy (non-hydrogen) atoms. The summed E-state index contributed by atoms with van der Waals surface area (Å²) >= 11 is 5.11. The van der Waals surface area contributed by atoms with Crippen LogP contribution in [0.3, 0.4) is 0 Å². The van der Waals surface area contributed by atoms with Crippen LogP contribution in [-0.2, 0) is 12.8 Å². The van der Waals surface area contributed by atoms with E-state index >= 15 is 0 Å². The molecule has 1 aromatic rings. The SMILES string of the molecule is CCC(C)Nc1nc2c(cc1C(N)=S)CCC2. The fourth-order valence-corrected chi connectivity index (χ4v) is 2.26. The zero-order valence-corrected chi connectivity index (χ0v) is 11.2. The molecule has 0 radical (unpaired) electrons. The first kappa shape index (κ1) is 12.3. The third-order valence-corrected chi connectivity index (χ3v) is 3.53. The first-order valence-corrected chi connectivity index (χ1v) is 6.61. The van der Waals surface area contributed by atoms with E-state index in [1.54, 1.807) is 0 Å². The molecule has 3 nitrogen and oxygen atoms in total. The van der Waals surface area contributed by atoms with Crippen molar-refractivity contribution in [2.24, 2.45) is 5.73 Å². The molecule has 0 bridgehead atoms. The van der Waals surface area contributed by atoms with Crippen LogP contribution < -0.4 is 11.1 Å². The molecule has 0 amide bonds. The zero-order chi connectivity index (χ0) is 12.4. The Morgan fingerprint density at radius 1 is 1.59 bits per heavy atom. The highest BCUT2D eigenvalue weighted by atomic mass is 32.1. The lowest BCUT2D eigenvalue weighted by atomic mass is 10.1. The van der Waals surface area contributed by atoms with E-state index < -0.39 is 0 Å². The van der Waals surface area contributed by atoms with Crippen LogP contribution in [0.4, 0.5) is 5.82 Å². The summed E-state index contributed by atoms with van der Waals surface area (Å²) in [5.74, 6) is 0.854. The first-order chi connectivity index (χ1) is 8.11. The Morgan fingerprint density at radius 3 is 3.00 bits per heavy atom. The van der Waals surface area contributed by atoms with Gasteiger partial charge in [0.1, 0.15) is 10.8 Å². The van der Waals surface area contributed by atoms with Crippen LogP contribution in [0, 0.1) is 0 Å². The molecule has 0 aliphatic heterocycles. The summed E-state index contributed by atoms with van der Waals surface area (Å²) < 4.78 is 0. The second kappa shape index (κ2) is 5.00. The average molecular weight is 249 g/mol. The van der Waals surface area contributed by atoms with Crippen molar-refractivity contribution in [3.63, 3.8) is 0 Å². The molecule has 0 spiro atoms. The van der Waals surface area contributed by atoms with E-state index in [0.29, 0.717) is 11.0 Å². The number of thiocarbonyl (C=S) groups is 1. The van der Waals surface area contributed by atoms with Crippen molar-refractivity contribution < 1.29 is 0 Å². The number of nitrogens with zero attached hydrogens (tertiary/aromatic N) is 1. The number of pyridine rings is 1. The van der Waals surface area contributed by atoms with Gasteiger partial charge in [-0.25, -0.2) is 4.98 Å². The minimum atomic E-state index is 0.384. The number of rotatable bonds is 4. The van der Waals surface area contributed by atoms with Crippen molar-refractivity contribution in [2.75, 3.05) is 5.32 Å². The van der Waals surface area contributed by atoms with Crippen LogP contribution in [0.15, 0.2) is 6.07 Å². The van der Waals surface area contributed by atoms with E-state index in [-0.39, 0.29) is 0 Å². The monoisotopic (exact) mass is 249 g/mol. The lowest BCUT2D eigenvalue weighted by Gasteiger charge is -2.16. The number of nitrogens with two attached hydrogens (primary N) is 1. The largest absolute Gasteiger partial charge is 0.389 e. The second-order valence-corrected chi connectivity index (χ2v) is 5.10. The third-order valence-electron chi connectivity index (χ3n) is 3.31. The van der Waals surface area contributed by atoms with Crippen molar-refractivity contribution in [2.45, 2.75) is 45.6 Å². The summed E-state index contributed by atoms with van der Waals surface area (Å²) in [6, 6.07) is 2.50.